The molecule has 0 spiro atoms. The highest BCUT2D eigenvalue weighted by Gasteiger charge is 2.27. The molecule has 3 aromatic rings. The first kappa shape index (κ1) is 16.6. The van der Waals surface area contributed by atoms with Gasteiger partial charge in [0.15, 0.2) is 11.5 Å². The molecular weight excluding hydrogens is 383 g/mol. The van der Waals surface area contributed by atoms with Crippen LogP contribution in [0.4, 0.5) is 0 Å². The fourth-order valence-corrected chi connectivity index (χ4v) is 3.87. The Morgan fingerprint density at radius 2 is 1.76 bits per heavy atom. The van der Waals surface area contributed by atoms with Crippen molar-refractivity contribution in [3.05, 3.63) is 64.0 Å². The Bertz CT molecular complexity index is 883. The Morgan fingerprint density at radius 3 is 2.56 bits per heavy atom. The number of rotatable bonds is 4. The van der Waals surface area contributed by atoms with E-state index in [1.165, 1.54) is 11.8 Å². The highest BCUT2D eigenvalue weighted by Crippen LogP contribution is 2.36. The molecule has 1 aromatic heterocycles. The molecule has 0 fully saturated rings. The lowest BCUT2D eigenvalue weighted by Gasteiger charge is -2.23. The van der Waals surface area contributed by atoms with E-state index in [1.54, 1.807) is 12.1 Å². The number of ether oxygens (including phenoxy) is 2. The van der Waals surface area contributed by atoms with E-state index < -0.39 is 6.10 Å². The molecule has 2 aromatic carbocycles. The monoisotopic (exact) mass is 394 g/mol. The number of nitrogens with zero attached hydrogens (tertiary/aromatic N) is 2. The summed E-state index contributed by atoms with van der Waals surface area (Å²) in [7, 11) is 0. The van der Waals surface area contributed by atoms with Gasteiger partial charge in [0.05, 0.1) is 0 Å². The zero-order valence-corrected chi connectivity index (χ0v) is 15.1. The molecule has 2 heterocycles. The van der Waals surface area contributed by atoms with Gasteiger partial charge in [-0.3, -0.25) is 0 Å². The van der Waals surface area contributed by atoms with E-state index in [1.807, 2.05) is 30.3 Å². The van der Waals surface area contributed by atoms with Crippen LogP contribution in [-0.4, -0.2) is 16.8 Å². The van der Waals surface area contributed by atoms with E-state index in [9.17, 15) is 0 Å². The van der Waals surface area contributed by atoms with E-state index >= 15 is 0 Å². The third kappa shape index (κ3) is 3.56. The number of aromatic nitrogens is 2. The zero-order chi connectivity index (χ0) is 17.2. The quantitative estimate of drug-likeness (QED) is 0.568. The maximum absolute atomic E-state index is 6.17. The van der Waals surface area contributed by atoms with Crippen LogP contribution in [0.2, 0.25) is 10.0 Å². The highest BCUT2D eigenvalue weighted by molar-refractivity contribution is 7.98. The van der Waals surface area contributed by atoms with Gasteiger partial charge in [0.1, 0.15) is 6.61 Å². The second-order valence-electron chi connectivity index (χ2n) is 5.26. The predicted molar refractivity (Wildman–Crippen MR) is 95.6 cm³/mol. The molecule has 0 aliphatic carbocycles. The van der Waals surface area contributed by atoms with Crippen molar-refractivity contribution in [2.75, 3.05) is 6.61 Å². The number of thioether (sulfide) groups is 1. The van der Waals surface area contributed by atoms with Gasteiger partial charge in [-0.15, -0.1) is 10.2 Å². The second kappa shape index (κ2) is 7.15. The van der Waals surface area contributed by atoms with Crippen molar-refractivity contribution in [1.29, 1.82) is 0 Å². The Kier molecular flexibility index (Phi) is 4.74. The lowest BCUT2D eigenvalue weighted by molar-refractivity contribution is 0.0686. The maximum Gasteiger partial charge on any atom is 0.277 e. The summed E-state index contributed by atoms with van der Waals surface area (Å²) in [6.07, 6.45) is -0.430. The van der Waals surface area contributed by atoms with Gasteiger partial charge in [-0.25, -0.2) is 0 Å². The number of hydrogen-bond acceptors (Lipinski definition) is 6. The first-order valence-corrected chi connectivity index (χ1v) is 9.22. The molecule has 0 radical (unpaired) electrons. The first-order chi connectivity index (χ1) is 12.2. The molecule has 0 saturated carbocycles. The fraction of sp³-hybridized carbons (Fsp3) is 0.176. The van der Waals surface area contributed by atoms with Crippen LogP contribution in [0.5, 0.6) is 11.5 Å². The van der Waals surface area contributed by atoms with E-state index in [-0.39, 0.29) is 0 Å². The van der Waals surface area contributed by atoms with Crippen LogP contribution in [0.25, 0.3) is 0 Å². The standard InChI is InChI=1S/C17H12Cl2N2O3S/c18-11-4-3-5-12(19)10(11)9-25-17-21-20-16(24-17)15-8-22-13-6-1-2-7-14(13)23-15/h1-7,15H,8-9H2. The number of para-hydroxylation sites is 2. The van der Waals surface area contributed by atoms with Crippen LogP contribution < -0.4 is 9.47 Å². The molecule has 1 unspecified atom stereocenters. The van der Waals surface area contributed by atoms with Gasteiger partial charge in [-0.2, -0.15) is 0 Å². The third-order valence-electron chi connectivity index (χ3n) is 3.61. The molecule has 8 heteroatoms. The van der Waals surface area contributed by atoms with Crippen molar-refractivity contribution < 1.29 is 13.9 Å². The van der Waals surface area contributed by atoms with Crippen LogP contribution in [-0.2, 0) is 5.75 Å². The Hall–Kier alpha value is -1.89. The topological polar surface area (TPSA) is 57.4 Å². The lowest BCUT2D eigenvalue weighted by atomic mass is 10.2. The summed E-state index contributed by atoms with van der Waals surface area (Å²) in [4.78, 5) is 0. The number of fused-ring (bicyclic) bond motifs is 1. The summed E-state index contributed by atoms with van der Waals surface area (Å²) in [5.74, 6) is 2.28. The molecule has 5 nitrogen and oxygen atoms in total. The average molecular weight is 395 g/mol. The van der Waals surface area contributed by atoms with Crippen molar-refractivity contribution in [3.8, 4) is 11.5 Å². The highest BCUT2D eigenvalue weighted by atomic mass is 35.5. The van der Waals surface area contributed by atoms with Gasteiger partial charge < -0.3 is 13.9 Å². The molecule has 0 N–H and O–H groups in total. The predicted octanol–water partition coefficient (Wildman–Crippen LogP) is 5.18. The number of hydrogen-bond donors (Lipinski definition) is 0. The second-order valence-corrected chi connectivity index (χ2v) is 7.00. The molecule has 0 amide bonds. The van der Waals surface area contributed by atoms with Gasteiger partial charge in [0.25, 0.3) is 11.1 Å². The van der Waals surface area contributed by atoms with Gasteiger partial charge in [-0.1, -0.05) is 53.2 Å². The third-order valence-corrected chi connectivity index (χ3v) is 5.16. The number of benzene rings is 2. The molecule has 0 saturated heterocycles. The van der Waals surface area contributed by atoms with Crippen LogP contribution in [0, 0.1) is 0 Å². The molecule has 0 bridgehead atoms. The molecule has 1 aliphatic heterocycles. The fourth-order valence-electron chi connectivity index (χ4n) is 2.35. The molecule has 1 aliphatic rings. The van der Waals surface area contributed by atoms with E-state index in [0.29, 0.717) is 45.0 Å². The Balaban J connectivity index is 1.44. The average Bonchev–Trinajstić information content (AvgIpc) is 3.10. The summed E-state index contributed by atoms with van der Waals surface area (Å²) in [5, 5.41) is 9.76. The summed E-state index contributed by atoms with van der Waals surface area (Å²) in [6, 6.07) is 12.9. The van der Waals surface area contributed by atoms with E-state index in [0.717, 1.165) is 5.56 Å². The van der Waals surface area contributed by atoms with Crippen LogP contribution in [0.1, 0.15) is 17.6 Å². The van der Waals surface area contributed by atoms with Crippen LogP contribution >= 0.6 is 35.0 Å². The largest absolute Gasteiger partial charge is 0.485 e. The minimum atomic E-state index is -0.430. The van der Waals surface area contributed by atoms with Crippen molar-refractivity contribution in [2.24, 2.45) is 0 Å². The molecular formula is C17H12Cl2N2O3S. The Labute approximate surface area is 158 Å². The maximum atomic E-state index is 6.17. The lowest BCUT2D eigenvalue weighted by Crippen LogP contribution is -2.21. The van der Waals surface area contributed by atoms with Crippen molar-refractivity contribution in [3.63, 3.8) is 0 Å². The number of halogens is 2. The van der Waals surface area contributed by atoms with Gasteiger partial charge in [-0.05, 0) is 29.8 Å². The van der Waals surface area contributed by atoms with E-state index in [4.69, 9.17) is 37.1 Å². The van der Waals surface area contributed by atoms with Crippen molar-refractivity contribution in [1.82, 2.24) is 10.2 Å². The molecule has 4 rings (SSSR count). The SMILES string of the molecule is Clc1cccc(Cl)c1CSc1nnc(C2COc3ccccc3O2)o1. The molecule has 25 heavy (non-hydrogen) atoms. The van der Waals surface area contributed by atoms with Gasteiger partial charge >= 0.3 is 0 Å². The normalized spacial score (nSPS) is 16.0. The molecule has 128 valence electrons. The first-order valence-electron chi connectivity index (χ1n) is 7.48. The smallest absolute Gasteiger partial charge is 0.277 e. The van der Waals surface area contributed by atoms with Crippen molar-refractivity contribution >= 4 is 35.0 Å². The summed E-state index contributed by atoms with van der Waals surface area (Å²) in [5.41, 5.74) is 0.835. The minimum Gasteiger partial charge on any atom is -0.485 e. The van der Waals surface area contributed by atoms with Crippen LogP contribution in [0.3, 0.4) is 0 Å². The van der Waals surface area contributed by atoms with Crippen molar-refractivity contribution in [2.45, 2.75) is 17.1 Å². The Morgan fingerprint density at radius 1 is 1.00 bits per heavy atom. The zero-order valence-electron chi connectivity index (χ0n) is 12.8. The summed E-state index contributed by atoms with van der Waals surface area (Å²) >= 11 is 13.7. The van der Waals surface area contributed by atoms with Crippen LogP contribution in [0.15, 0.2) is 52.1 Å². The van der Waals surface area contributed by atoms with Gasteiger partial charge in [0.2, 0.25) is 6.10 Å². The van der Waals surface area contributed by atoms with E-state index in [2.05, 4.69) is 10.2 Å². The minimum absolute atomic E-state index is 0.319. The summed E-state index contributed by atoms with van der Waals surface area (Å²) < 4.78 is 17.2. The van der Waals surface area contributed by atoms with Gasteiger partial charge in [0, 0.05) is 15.8 Å². The summed E-state index contributed by atoms with van der Waals surface area (Å²) in [6.45, 7) is 0.319. The molecule has 1 atom stereocenters.